The molecule has 0 saturated heterocycles. The number of aryl methyl sites for hydroxylation is 2. The van der Waals surface area contributed by atoms with Gasteiger partial charge in [0.15, 0.2) is 0 Å². The first kappa shape index (κ1) is 18.7. The third-order valence-electron chi connectivity index (χ3n) is 4.99. The molecule has 3 aromatic carbocycles. The van der Waals surface area contributed by atoms with Crippen molar-refractivity contribution in [2.24, 2.45) is 0 Å². The predicted molar refractivity (Wildman–Crippen MR) is 108 cm³/mol. The largest absolute Gasteiger partial charge is 0.508 e. The first-order valence-corrected chi connectivity index (χ1v) is 8.97. The van der Waals surface area contributed by atoms with Crippen LogP contribution in [0.4, 0.5) is 0 Å². The second kappa shape index (κ2) is 7.28. The molecule has 0 aliphatic carbocycles. The number of aromatic hydroxyl groups is 1. The van der Waals surface area contributed by atoms with Crippen molar-refractivity contribution in [3.05, 3.63) is 94.5 Å². The van der Waals surface area contributed by atoms with Gasteiger partial charge in [0.2, 0.25) is 0 Å². The summed E-state index contributed by atoms with van der Waals surface area (Å²) in [5.41, 5.74) is 4.47. The van der Waals surface area contributed by atoms with Gasteiger partial charge in [-0.15, -0.1) is 0 Å². The van der Waals surface area contributed by atoms with E-state index < -0.39 is 0 Å². The van der Waals surface area contributed by atoms with Crippen LogP contribution in [-0.4, -0.2) is 11.1 Å². The van der Waals surface area contributed by atoms with Crippen LogP contribution in [0.3, 0.4) is 0 Å². The van der Waals surface area contributed by atoms with E-state index in [4.69, 9.17) is 4.74 Å². The number of carbonyl (C=O) groups is 1. The van der Waals surface area contributed by atoms with Crippen LogP contribution in [0, 0.1) is 13.8 Å². The predicted octanol–water partition coefficient (Wildman–Crippen LogP) is 5.55. The highest BCUT2D eigenvalue weighted by molar-refractivity contribution is 5.92. The zero-order chi connectivity index (χ0) is 19.6. The SMILES string of the molecule is Cc1ccc(C)c(C(=O)Oc2ccc(C(C)(C)c3ccc(O)cc3)cc2)c1. The molecule has 1 N–H and O–H groups in total. The number of phenolic OH excluding ortho intramolecular Hbond substituents is 1. The van der Waals surface area contributed by atoms with Gasteiger partial charge in [-0.1, -0.05) is 55.8 Å². The van der Waals surface area contributed by atoms with Crippen LogP contribution < -0.4 is 4.74 Å². The average molecular weight is 360 g/mol. The molecule has 0 fully saturated rings. The fraction of sp³-hybridized carbons (Fsp3) is 0.208. The molecule has 0 bridgehead atoms. The van der Waals surface area contributed by atoms with Crippen LogP contribution in [0.2, 0.25) is 0 Å². The molecule has 0 aliphatic rings. The van der Waals surface area contributed by atoms with E-state index in [-0.39, 0.29) is 17.1 Å². The lowest BCUT2D eigenvalue weighted by molar-refractivity contribution is 0.0734. The Morgan fingerprint density at radius 1 is 0.852 bits per heavy atom. The number of hydrogen-bond acceptors (Lipinski definition) is 3. The Bertz CT molecular complexity index is 952. The number of ether oxygens (including phenoxy) is 1. The van der Waals surface area contributed by atoms with Crippen molar-refractivity contribution in [3.8, 4) is 11.5 Å². The Balaban J connectivity index is 1.80. The molecule has 3 heteroatoms. The minimum Gasteiger partial charge on any atom is -0.508 e. The third-order valence-corrected chi connectivity index (χ3v) is 4.99. The van der Waals surface area contributed by atoms with E-state index in [9.17, 15) is 9.90 Å². The Labute approximate surface area is 160 Å². The maximum Gasteiger partial charge on any atom is 0.343 e. The Hall–Kier alpha value is -3.07. The lowest BCUT2D eigenvalue weighted by Gasteiger charge is -2.26. The number of carbonyl (C=O) groups excluding carboxylic acids is 1. The number of rotatable bonds is 4. The molecule has 0 spiro atoms. The van der Waals surface area contributed by atoms with Crippen molar-refractivity contribution in [1.29, 1.82) is 0 Å². The first-order valence-electron chi connectivity index (χ1n) is 8.97. The summed E-state index contributed by atoms with van der Waals surface area (Å²) in [7, 11) is 0. The lowest BCUT2D eigenvalue weighted by atomic mass is 9.78. The van der Waals surface area contributed by atoms with Gasteiger partial charge in [0.1, 0.15) is 11.5 Å². The Kier molecular flexibility index (Phi) is 5.04. The summed E-state index contributed by atoms with van der Waals surface area (Å²) in [5.74, 6) is 0.427. The van der Waals surface area contributed by atoms with Crippen molar-refractivity contribution in [3.63, 3.8) is 0 Å². The molecule has 0 atom stereocenters. The van der Waals surface area contributed by atoms with Crippen LogP contribution in [-0.2, 0) is 5.41 Å². The van der Waals surface area contributed by atoms with E-state index in [1.54, 1.807) is 12.1 Å². The van der Waals surface area contributed by atoms with Crippen molar-refractivity contribution in [2.75, 3.05) is 0 Å². The standard InChI is InChI=1S/C24H24O3/c1-16-5-6-17(2)22(15-16)23(26)27-21-13-9-19(10-14-21)24(3,4)18-7-11-20(25)12-8-18/h5-15,25H,1-4H3. The fourth-order valence-corrected chi connectivity index (χ4v) is 3.10. The zero-order valence-corrected chi connectivity index (χ0v) is 16.1. The number of benzene rings is 3. The summed E-state index contributed by atoms with van der Waals surface area (Å²) in [6.07, 6.45) is 0. The van der Waals surface area contributed by atoms with Gasteiger partial charge in [-0.3, -0.25) is 0 Å². The molecule has 0 amide bonds. The van der Waals surface area contributed by atoms with Crippen LogP contribution in [0.5, 0.6) is 11.5 Å². The first-order chi connectivity index (χ1) is 12.8. The van der Waals surface area contributed by atoms with Crippen molar-refractivity contribution in [2.45, 2.75) is 33.1 Å². The molecule has 0 aliphatic heterocycles. The highest BCUT2D eigenvalue weighted by Gasteiger charge is 2.23. The molecule has 3 nitrogen and oxygen atoms in total. The molecule has 0 aromatic heterocycles. The molecule has 138 valence electrons. The van der Waals surface area contributed by atoms with Gasteiger partial charge in [0.25, 0.3) is 0 Å². The molecule has 0 saturated carbocycles. The van der Waals surface area contributed by atoms with Gasteiger partial charge in [-0.2, -0.15) is 0 Å². The van der Waals surface area contributed by atoms with Gasteiger partial charge >= 0.3 is 5.97 Å². The lowest BCUT2D eigenvalue weighted by Crippen LogP contribution is -2.18. The smallest absolute Gasteiger partial charge is 0.343 e. The van der Waals surface area contributed by atoms with Crippen LogP contribution >= 0.6 is 0 Å². The summed E-state index contributed by atoms with van der Waals surface area (Å²) in [5, 5.41) is 9.50. The van der Waals surface area contributed by atoms with Gasteiger partial charge in [0, 0.05) is 5.41 Å². The van der Waals surface area contributed by atoms with E-state index >= 15 is 0 Å². The average Bonchev–Trinajstić information content (AvgIpc) is 2.64. The molecule has 0 unspecified atom stereocenters. The van der Waals surface area contributed by atoms with Crippen molar-refractivity contribution in [1.82, 2.24) is 0 Å². The molecular formula is C24H24O3. The number of phenols is 1. The van der Waals surface area contributed by atoms with Crippen molar-refractivity contribution >= 4 is 5.97 Å². The van der Waals surface area contributed by atoms with E-state index in [1.807, 2.05) is 68.4 Å². The van der Waals surface area contributed by atoms with Gasteiger partial charge in [0.05, 0.1) is 5.56 Å². The third kappa shape index (κ3) is 4.03. The highest BCUT2D eigenvalue weighted by atomic mass is 16.5. The normalized spacial score (nSPS) is 11.3. The van der Waals surface area contributed by atoms with Crippen molar-refractivity contribution < 1.29 is 14.6 Å². The Morgan fingerprint density at radius 2 is 1.41 bits per heavy atom. The summed E-state index contributed by atoms with van der Waals surface area (Å²) in [6.45, 7) is 8.10. The van der Waals surface area contributed by atoms with Gasteiger partial charge < -0.3 is 9.84 Å². The summed E-state index contributed by atoms with van der Waals surface area (Å²) in [6, 6.07) is 20.6. The Morgan fingerprint density at radius 3 is 2.00 bits per heavy atom. The van der Waals surface area contributed by atoms with Crippen LogP contribution in [0.1, 0.15) is 46.5 Å². The zero-order valence-electron chi connectivity index (χ0n) is 16.1. The molecule has 3 aromatic rings. The molecule has 3 rings (SSSR count). The fourth-order valence-electron chi connectivity index (χ4n) is 3.10. The van der Waals surface area contributed by atoms with Gasteiger partial charge in [-0.25, -0.2) is 4.79 Å². The molecular weight excluding hydrogens is 336 g/mol. The quantitative estimate of drug-likeness (QED) is 0.490. The van der Waals surface area contributed by atoms with E-state index in [1.165, 1.54) is 0 Å². The molecule has 0 heterocycles. The summed E-state index contributed by atoms with van der Waals surface area (Å²) in [4.78, 5) is 12.5. The van der Waals surface area contributed by atoms with Gasteiger partial charge in [-0.05, 0) is 60.9 Å². The summed E-state index contributed by atoms with van der Waals surface area (Å²) < 4.78 is 5.55. The van der Waals surface area contributed by atoms with E-state index in [2.05, 4.69) is 13.8 Å². The topological polar surface area (TPSA) is 46.5 Å². The molecule has 0 radical (unpaired) electrons. The van der Waals surface area contributed by atoms with E-state index in [0.29, 0.717) is 11.3 Å². The molecule has 27 heavy (non-hydrogen) atoms. The number of hydrogen-bond donors (Lipinski definition) is 1. The van der Waals surface area contributed by atoms with Crippen LogP contribution in [0.15, 0.2) is 66.7 Å². The monoisotopic (exact) mass is 360 g/mol. The minimum atomic E-state index is -0.346. The number of esters is 1. The minimum absolute atomic E-state index is 0.233. The second-order valence-corrected chi connectivity index (χ2v) is 7.40. The highest BCUT2D eigenvalue weighted by Crippen LogP contribution is 2.33. The maximum absolute atomic E-state index is 12.5. The van der Waals surface area contributed by atoms with Crippen LogP contribution in [0.25, 0.3) is 0 Å². The maximum atomic E-state index is 12.5. The second-order valence-electron chi connectivity index (χ2n) is 7.40. The van der Waals surface area contributed by atoms with E-state index in [0.717, 1.165) is 22.3 Å². The summed E-state index contributed by atoms with van der Waals surface area (Å²) >= 11 is 0.